The number of hydrogen-bond acceptors (Lipinski definition) is 2. The summed E-state index contributed by atoms with van der Waals surface area (Å²) in [4.78, 5) is 10.4. The van der Waals surface area contributed by atoms with Crippen molar-refractivity contribution in [3.05, 3.63) is 23.7 Å². The highest BCUT2D eigenvalue weighted by atomic mass is 16.4. The van der Waals surface area contributed by atoms with Gasteiger partial charge in [-0.05, 0) is 18.1 Å². The Morgan fingerprint density at radius 1 is 1.67 bits per heavy atom. The number of hydrogen-bond donors (Lipinski definition) is 1. The maximum atomic E-state index is 10.4. The zero-order valence-corrected chi connectivity index (χ0v) is 7.04. The van der Waals surface area contributed by atoms with Crippen LogP contribution in [0.1, 0.15) is 24.7 Å². The minimum atomic E-state index is -0.845. The molecule has 3 heteroatoms. The smallest absolute Gasteiger partial charge is 0.311 e. The zero-order valence-electron chi connectivity index (χ0n) is 7.04. The van der Waals surface area contributed by atoms with Crippen LogP contribution in [-0.4, -0.2) is 11.1 Å². The summed E-state index contributed by atoms with van der Waals surface area (Å²) < 4.78 is 5.05. The minimum Gasteiger partial charge on any atom is -0.481 e. The Balaban J connectivity index is 2.69. The highest BCUT2D eigenvalue weighted by molar-refractivity contribution is 5.69. The first kappa shape index (κ1) is 8.84. The van der Waals surface area contributed by atoms with Crippen molar-refractivity contribution >= 4 is 5.97 Å². The number of carboxylic acids is 1. The van der Waals surface area contributed by atoms with Gasteiger partial charge in [-0.3, -0.25) is 4.79 Å². The molecule has 0 amide bonds. The van der Waals surface area contributed by atoms with Crippen LogP contribution in [0, 0.1) is 0 Å². The summed E-state index contributed by atoms with van der Waals surface area (Å²) in [6, 6.07) is 1.84. The van der Waals surface area contributed by atoms with Crippen LogP contribution < -0.4 is 0 Å². The van der Waals surface area contributed by atoms with Crippen molar-refractivity contribution < 1.29 is 14.3 Å². The van der Waals surface area contributed by atoms with Crippen molar-refractivity contribution in [2.45, 2.75) is 26.2 Å². The van der Waals surface area contributed by atoms with Gasteiger partial charge in [-0.25, -0.2) is 0 Å². The van der Waals surface area contributed by atoms with Crippen LogP contribution >= 0.6 is 0 Å². The normalized spacial score (nSPS) is 10.1. The van der Waals surface area contributed by atoms with Gasteiger partial charge in [0.1, 0.15) is 12.2 Å². The van der Waals surface area contributed by atoms with Gasteiger partial charge in [0.25, 0.3) is 0 Å². The first-order chi connectivity index (χ1) is 5.74. The number of furan rings is 1. The third-order valence-corrected chi connectivity index (χ3v) is 1.67. The summed E-state index contributed by atoms with van der Waals surface area (Å²) in [5, 5.41) is 8.52. The van der Waals surface area contributed by atoms with Crippen LogP contribution in [0.15, 0.2) is 16.7 Å². The second-order valence-corrected chi connectivity index (χ2v) is 2.69. The summed E-state index contributed by atoms with van der Waals surface area (Å²) in [6.45, 7) is 2.05. The highest BCUT2D eigenvalue weighted by Gasteiger charge is 2.08. The largest absolute Gasteiger partial charge is 0.481 e. The molecule has 0 spiro atoms. The van der Waals surface area contributed by atoms with E-state index in [4.69, 9.17) is 9.52 Å². The summed E-state index contributed by atoms with van der Waals surface area (Å²) in [5.41, 5.74) is 1.01. The monoisotopic (exact) mass is 168 g/mol. The highest BCUT2D eigenvalue weighted by Crippen LogP contribution is 2.13. The molecule has 0 saturated carbocycles. The fraction of sp³-hybridized carbons (Fsp3) is 0.444. The molecule has 1 aromatic heterocycles. The Morgan fingerprint density at radius 3 is 3.00 bits per heavy atom. The van der Waals surface area contributed by atoms with E-state index in [1.54, 1.807) is 6.26 Å². The molecule has 12 heavy (non-hydrogen) atoms. The van der Waals surface area contributed by atoms with Crippen LogP contribution in [0.25, 0.3) is 0 Å². The van der Waals surface area contributed by atoms with E-state index in [1.165, 1.54) is 0 Å². The van der Waals surface area contributed by atoms with Crippen molar-refractivity contribution in [2.24, 2.45) is 0 Å². The lowest BCUT2D eigenvalue weighted by Gasteiger charge is -1.96. The fourth-order valence-electron chi connectivity index (χ4n) is 1.15. The average Bonchev–Trinajstić information content (AvgIpc) is 2.37. The molecule has 1 heterocycles. The summed E-state index contributed by atoms with van der Waals surface area (Å²) in [7, 11) is 0. The number of rotatable bonds is 4. The maximum Gasteiger partial charge on any atom is 0.311 e. The topological polar surface area (TPSA) is 50.4 Å². The molecule has 1 N–H and O–H groups in total. The van der Waals surface area contributed by atoms with Gasteiger partial charge in [0.15, 0.2) is 0 Å². The average molecular weight is 168 g/mol. The van der Waals surface area contributed by atoms with Gasteiger partial charge in [0, 0.05) is 0 Å². The van der Waals surface area contributed by atoms with Crippen molar-refractivity contribution in [1.29, 1.82) is 0 Å². The number of aliphatic carboxylic acids is 1. The van der Waals surface area contributed by atoms with Gasteiger partial charge in [-0.15, -0.1) is 0 Å². The molecule has 0 atom stereocenters. The van der Waals surface area contributed by atoms with Crippen molar-refractivity contribution in [2.75, 3.05) is 0 Å². The molecule has 0 aliphatic carbocycles. The predicted octanol–water partition coefficient (Wildman–Crippen LogP) is 1.86. The molecule has 0 aliphatic rings. The van der Waals surface area contributed by atoms with Crippen LogP contribution in [0.4, 0.5) is 0 Å². The van der Waals surface area contributed by atoms with Crippen molar-refractivity contribution in [3.8, 4) is 0 Å². The van der Waals surface area contributed by atoms with Crippen LogP contribution in [0.5, 0.6) is 0 Å². The number of carbonyl (C=O) groups is 1. The van der Waals surface area contributed by atoms with Crippen LogP contribution in [0.3, 0.4) is 0 Å². The van der Waals surface area contributed by atoms with E-state index in [0.29, 0.717) is 5.76 Å². The molecule has 3 nitrogen and oxygen atoms in total. The lowest BCUT2D eigenvalue weighted by molar-refractivity contribution is -0.136. The van der Waals surface area contributed by atoms with Crippen molar-refractivity contribution in [3.63, 3.8) is 0 Å². The lowest BCUT2D eigenvalue weighted by Crippen LogP contribution is -2.01. The molecule has 0 aliphatic heterocycles. The second kappa shape index (κ2) is 3.95. The summed E-state index contributed by atoms with van der Waals surface area (Å²) >= 11 is 0. The Bertz CT molecular complexity index is 262. The van der Waals surface area contributed by atoms with Gasteiger partial charge >= 0.3 is 5.97 Å². The lowest BCUT2D eigenvalue weighted by atomic mass is 10.1. The quantitative estimate of drug-likeness (QED) is 0.746. The van der Waals surface area contributed by atoms with Gasteiger partial charge in [-0.2, -0.15) is 0 Å². The van der Waals surface area contributed by atoms with E-state index < -0.39 is 5.97 Å². The van der Waals surface area contributed by atoms with E-state index in [-0.39, 0.29) is 6.42 Å². The van der Waals surface area contributed by atoms with Gasteiger partial charge in [0.2, 0.25) is 0 Å². The Kier molecular flexibility index (Phi) is 2.91. The van der Waals surface area contributed by atoms with E-state index in [2.05, 4.69) is 6.92 Å². The third kappa shape index (κ3) is 2.12. The predicted molar refractivity (Wildman–Crippen MR) is 44.0 cm³/mol. The van der Waals surface area contributed by atoms with E-state index in [0.717, 1.165) is 18.4 Å². The molecular weight excluding hydrogens is 156 g/mol. The minimum absolute atomic E-state index is 0.0116. The van der Waals surface area contributed by atoms with Crippen LogP contribution in [0.2, 0.25) is 0 Å². The Morgan fingerprint density at radius 2 is 2.42 bits per heavy atom. The Labute approximate surface area is 71.0 Å². The maximum absolute atomic E-state index is 10.4. The second-order valence-electron chi connectivity index (χ2n) is 2.69. The summed E-state index contributed by atoms with van der Waals surface area (Å²) in [5.74, 6) is -0.258. The van der Waals surface area contributed by atoms with Crippen LogP contribution in [-0.2, 0) is 17.6 Å². The molecule has 0 saturated heterocycles. The molecule has 1 rings (SSSR count). The number of carboxylic acid groups (broad SMARTS) is 1. The molecule has 66 valence electrons. The molecule has 1 aromatic rings. The van der Waals surface area contributed by atoms with E-state index >= 15 is 0 Å². The van der Waals surface area contributed by atoms with E-state index in [9.17, 15) is 4.79 Å². The van der Waals surface area contributed by atoms with Gasteiger partial charge in [0.05, 0.1) is 6.26 Å². The standard InChI is InChI=1S/C9H12O3/c1-2-3-7-4-5-12-8(7)6-9(10)11/h4-5H,2-3,6H2,1H3,(H,10,11). The zero-order chi connectivity index (χ0) is 8.97. The molecule has 0 bridgehead atoms. The van der Waals surface area contributed by atoms with Crippen molar-refractivity contribution in [1.82, 2.24) is 0 Å². The first-order valence-corrected chi connectivity index (χ1v) is 4.01. The summed E-state index contributed by atoms with van der Waals surface area (Å²) in [6.07, 6.45) is 3.43. The fourth-order valence-corrected chi connectivity index (χ4v) is 1.15. The van der Waals surface area contributed by atoms with Gasteiger partial charge < -0.3 is 9.52 Å². The molecule has 0 radical (unpaired) electrons. The molecule has 0 aromatic carbocycles. The first-order valence-electron chi connectivity index (χ1n) is 4.01. The molecule has 0 fully saturated rings. The Hall–Kier alpha value is -1.25. The molecular formula is C9H12O3. The van der Waals surface area contributed by atoms with Gasteiger partial charge in [-0.1, -0.05) is 13.3 Å². The molecule has 0 unspecified atom stereocenters. The number of aryl methyl sites for hydroxylation is 1. The van der Waals surface area contributed by atoms with E-state index in [1.807, 2.05) is 6.07 Å². The SMILES string of the molecule is CCCc1ccoc1CC(=O)O. The third-order valence-electron chi connectivity index (χ3n) is 1.67.